The molecule has 1 saturated heterocycles. The maximum Gasteiger partial charge on any atom is 0.416 e. The average molecular weight is 402 g/mol. The summed E-state index contributed by atoms with van der Waals surface area (Å²) in [6, 6.07) is 12.1. The van der Waals surface area contributed by atoms with Gasteiger partial charge in [0.2, 0.25) is 0 Å². The number of halogens is 3. The molecule has 0 spiro atoms. The zero-order chi connectivity index (χ0) is 20.6. The molecule has 0 radical (unpaired) electrons. The van der Waals surface area contributed by atoms with E-state index in [1.54, 1.807) is 0 Å². The van der Waals surface area contributed by atoms with Gasteiger partial charge >= 0.3 is 12.3 Å². The smallest absolute Gasteiger partial charge is 0.416 e. The molecule has 1 aromatic heterocycles. The number of benzene rings is 2. The third kappa shape index (κ3) is 3.80. The SMILES string of the molecule is O=C(O)N1CCC(Nc2nnc(-c3ccc(C(F)(F)F)cc3)c3ccccc23)C1. The third-order valence-electron chi connectivity index (χ3n) is 4.97. The third-order valence-corrected chi connectivity index (χ3v) is 4.97. The highest BCUT2D eigenvalue weighted by Gasteiger charge is 2.30. The number of nitrogens with zero attached hydrogens (tertiary/aromatic N) is 3. The Kier molecular flexibility index (Phi) is 4.73. The van der Waals surface area contributed by atoms with Crippen molar-refractivity contribution >= 4 is 22.7 Å². The van der Waals surface area contributed by atoms with Crippen LogP contribution in [0.15, 0.2) is 48.5 Å². The standard InChI is InChI=1S/C20H17F3N4O2/c21-20(22,23)13-7-5-12(6-8-13)17-15-3-1-2-4-16(15)18(26-25-17)24-14-9-10-27(11-14)19(28)29/h1-8,14H,9-11H2,(H,24,26)(H,28,29). The predicted octanol–water partition coefficient (Wildman–Crippen LogP) is 4.48. The van der Waals surface area contributed by atoms with Gasteiger partial charge in [-0.2, -0.15) is 13.2 Å². The number of nitrogens with one attached hydrogen (secondary N) is 1. The van der Waals surface area contributed by atoms with Crippen LogP contribution in [0.2, 0.25) is 0 Å². The van der Waals surface area contributed by atoms with Gasteiger partial charge in [-0.1, -0.05) is 36.4 Å². The van der Waals surface area contributed by atoms with Crippen LogP contribution in [0.4, 0.5) is 23.8 Å². The molecule has 0 aliphatic carbocycles. The summed E-state index contributed by atoms with van der Waals surface area (Å²) < 4.78 is 38.5. The molecule has 0 bridgehead atoms. The zero-order valence-electron chi connectivity index (χ0n) is 15.1. The maximum absolute atomic E-state index is 12.8. The van der Waals surface area contributed by atoms with E-state index in [0.29, 0.717) is 36.6 Å². The molecule has 2 N–H and O–H groups in total. The highest BCUT2D eigenvalue weighted by atomic mass is 19.4. The fourth-order valence-corrected chi connectivity index (χ4v) is 3.49. The number of alkyl halides is 3. The van der Waals surface area contributed by atoms with Crippen LogP contribution < -0.4 is 5.32 Å². The lowest BCUT2D eigenvalue weighted by molar-refractivity contribution is -0.137. The second-order valence-corrected chi connectivity index (χ2v) is 6.88. The van der Waals surface area contributed by atoms with Crippen molar-refractivity contribution in [1.29, 1.82) is 0 Å². The average Bonchev–Trinajstić information content (AvgIpc) is 3.17. The second-order valence-electron chi connectivity index (χ2n) is 6.88. The van der Waals surface area contributed by atoms with Crippen molar-refractivity contribution in [3.05, 3.63) is 54.1 Å². The molecular formula is C20H17F3N4O2. The van der Waals surface area contributed by atoms with Crippen LogP contribution in [-0.2, 0) is 6.18 Å². The number of fused-ring (bicyclic) bond motifs is 1. The quantitative estimate of drug-likeness (QED) is 0.675. The van der Waals surface area contributed by atoms with Gasteiger partial charge in [-0.25, -0.2) is 4.79 Å². The van der Waals surface area contributed by atoms with Crippen LogP contribution in [0, 0.1) is 0 Å². The van der Waals surface area contributed by atoms with Gasteiger partial charge < -0.3 is 15.3 Å². The molecule has 1 aliphatic rings. The summed E-state index contributed by atoms with van der Waals surface area (Å²) in [5, 5.41) is 22.3. The molecule has 3 aromatic rings. The van der Waals surface area contributed by atoms with Gasteiger partial charge in [0.1, 0.15) is 5.69 Å². The molecule has 29 heavy (non-hydrogen) atoms. The van der Waals surface area contributed by atoms with Crippen LogP contribution in [0.3, 0.4) is 0 Å². The van der Waals surface area contributed by atoms with Crippen molar-refractivity contribution in [1.82, 2.24) is 15.1 Å². The minimum Gasteiger partial charge on any atom is -0.465 e. The van der Waals surface area contributed by atoms with Crippen molar-refractivity contribution in [2.75, 3.05) is 18.4 Å². The van der Waals surface area contributed by atoms with Crippen LogP contribution in [0.1, 0.15) is 12.0 Å². The molecule has 150 valence electrons. The molecular weight excluding hydrogens is 385 g/mol. The molecule has 4 rings (SSSR count). The van der Waals surface area contributed by atoms with Crippen molar-refractivity contribution in [2.24, 2.45) is 0 Å². The zero-order valence-corrected chi connectivity index (χ0v) is 15.1. The van der Waals surface area contributed by atoms with Crippen molar-refractivity contribution < 1.29 is 23.1 Å². The maximum atomic E-state index is 12.8. The van der Waals surface area contributed by atoms with E-state index >= 15 is 0 Å². The number of rotatable bonds is 3. The number of amides is 1. The summed E-state index contributed by atoms with van der Waals surface area (Å²) in [7, 11) is 0. The van der Waals surface area contributed by atoms with E-state index in [-0.39, 0.29) is 6.04 Å². The fraction of sp³-hybridized carbons (Fsp3) is 0.250. The largest absolute Gasteiger partial charge is 0.465 e. The Hall–Kier alpha value is -3.36. The van der Waals surface area contributed by atoms with E-state index in [1.807, 2.05) is 24.3 Å². The van der Waals surface area contributed by atoms with E-state index in [1.165, 1.54) is 17.0 Å². The molecule has 6 nitrogen and oxygen atoms in total. The van der Waals surface area contributed by atoms with E-state index in [4.69, 9.17) is 5.11 Å². The molecule has 1 fully saturated rings. The van der Waals surface area contributed by atoms with E-state index in [0.717, 1.165) is 22.9 Å². The van der Waals surface area contributed by atoms with Crippen molar-refractivity contribution in [3.8, 4) is 11.3 Å². The van der Waals surface area contributed by atoms with Gasteiger partial charge in [0.05, 0.1) is 5.56 Å². The number of hydrogen-bond acceptors (Lipinski definition) is 4. The van der Waals surface area contributed by atoms with Crippen molar-refractivity contribution in [2.45, 2.75) is 18.6 Å². The summed E-state index contributed by atoms with van der Waals surface area (Å²) in [6.45, 7) is 0.800. The van der Waals surface area contributed by atoms with Crippen LogP contribution in [0.5, 0.6) is 0 Å². The monoisotopic (exact) mass is 402 g/mol. The lowest BCUT2D eigenvalue weighted by atomic mass is 10.0. The van der Waals surface area contributed by atoms with Gasteiger partial charge in [-0.15, -0.1) is 10.2 Å². The van der Waals surface area contributed by atoms with Gasteiger partial charge in [0.25, 0.3) is 0 Å². The number of carboxylic acid groups (broad SMARTS) is 1. The minimum absolute atomic E-state index is 0.0827. The summed E-state index contributed by atoms with van der Waals surface area (Å²) in [5.74, 6) is 0.522. The van der Waals surface area contributed by atoms with Gasteiger partial charge in [0.15, 0.2) is 5.82 Å². The summed E-state index contributed by atoms with van der Waals surface area (Å²) in [4.78, 5) is 12.4. The van der Waals surface area contributed by atoms with E-state index in [2.05, 4.69) is 15.5 Å². The predicted molar refractivity (Wildman–Crippen MR) is 102 cm³/mol. The first kappa shape index (κ1) is 19.0. The fourth-order valence-electron chi connectivity index (χ4n) is 3.49. The lowest BCUT2D eigenvalue weighted by Crippen LogP contribution is -2.30. The minimum atomic E-state index is -4.40. The van der Waals surface area contributed by atoms with Crippen LogP contribution in [0.25, 0.3) is 22.0 Å². The first-order valence-electron chi connectivity index (χ1n) is 9.00. The molecule has 1 atom stereocenters. The highest BCUT2D eigenvalue weighted by Crippen LogP contribution is 2.33. The number of aromatic nitrogens is 2. The molecule has 1 aliphatic heterocycles. The Bertz CT molecular complexity index is 1050. The lowest BCUT2D eigenvalue weighted by Gasteiger charge is -2.16. The van der Waals surface area contributed by atoms with Gasteiger partial charge in [-0.05, 0) is 18.6 Å². The normalized spacial score (nSPS) is 16.9. The highest BCUT2D eigenvalue weighted by molar-refractivity contribution is 6.00. The molecule has 1 amide bonds. The molecule has 0 saturated carbocycles. The second kappa shape index (κ2) is 7.23. The molecule has 9 heteroatoms. The molecule has 2 aromatic carbocycles. The first-order valence-corrected chi connectivity index (χ1v) is 9.00. The topological polar surface area (TPSA) is 78.4 Å². The summed E-state index contributed by atoms with van der Waals surface area (Å²) >= 11 is 0. The Labute approximate surface area is 164 Å². The van der Waals surface area contributed by atoms with E-state index < -0.39 is 17.8 Å². The Morgan fingerprint density at radius 2 is 1.76 bits per heavy atom. The number of likely N-dealkylation sites (tertiary alicyclic amines) is 1. The number of anilines is 1. The van der Waals surface area contributed by atoms with Gasteiger partial charge in [-0.3, -0.25) is 0 Å². The Morgan fingerprint density at radius 1 is 1.07 bits per heavy atom. The Morgan fingerprint density at radius 3 is 2.38 bits per heavy atom. The first-order chi connectivity index (χ1) is 13.8. The van der Waals surface area contributed by atoms with Crippen LogP contribution >= 0.6 is 0 Å². The van der Waals surface area contributed by atoms with Gasteiger partial charge in [0, 0.05) is 35.5 Å². The summed E-state index contributed by atoms with van der Waals surface area (Å²) in [6.07, 6.45) is -4.70. The Balaban J connectivity index is 1.66. The number of carbonyl (C=O) groups is 1. The number of hydrogen-bond donors (Lipinski definition) is 2. The van der Waals surface area contributed by atoms with Crippen molar-refractivity contribution in [3.63, 3.8) is 0 Å². The van der Waals surface area contributed by atoms with E-state index in [9.17, 15) is 18.0 Å². The summed E-state index contributed by atoms with van der Waals surface area (Å²) in [5.41, 5.74) is 0.297. The molecule has 2 heterocycles. The van der Waals surface area contributed by atoms with Crippen LogP contribution in [-0.4, -0.2) is 45.4 Å². The molecule has 1 unspecified atom stereocenters.